The van der Waals surface area contributed by atoms with Crippen LogP contribution in [-0.4, -0.2) is 22.8 Å². The molecular weight excluding hydrogens is 331 g/mol. The Morgan fingerprint density at radius 2 is 1.76 bits per heavy atom. The molecule has 0 rings (SSSR count). The molecule has 4 heteroatoms. The molecule has 0 aromatic rings. The third kappa shape index (κ3) is 4.94. The second-order valence-corrected chi connectivity index (χ2v) is 5.33. The Morgan fingerprint density at radius 3 is 2.18 bits per heavy atom. The molecule has 3 nitrogen and oxygen atoms in total. The average Bonchev–Trinajstić information content (AvgIpc) is 2.29. The Bertz CT molecular complexity index is 243. The number of ether oxygens (including phenoxy) is 1. The van der Waals surface area contributed by atoms with E-state index in [1.807, 2.05) is 0 Å². The maximum absolute atomic E-state index is 12.1. The summed E-state index contributed by atoms with van der Waals surface area (Å²) in [6, 6.07) is 0. The normalized spacial score (nSPS) is 14.1. The second-order valence-electron chi connectivity index (χ2n) is 4.25. The molecule has 0 aliphatic carbocycles. The zero-order chi connectivity index (χ0) is 13.3. The number of alkyl halides is 1. The largest absolute Gasteiger partial charge is 0.465 e. The highest BCUT2D eigenvalue weighted by Crippen LogP contribution is 2.33. The highest BCUT2D eigenvalue weighted by molar-refractivity contribution is 14.1. The van der Waals surface area contributed by atoms with Crippen LogP contribution < -0.4 is 0 Å². The Kier molecular flexibility index (Phi) is 8.82. The first kappa shape index (κ1) is 16.9. The number of Topliss-reactive ketones (excluding diaryl/α,β-unsaturated/α-hetero) is 1. The molecule has 0 N–H and O–H groups in total. The minimum absolute atomic E-state index is 0.0470. The predicted molar refractivity (Wildman–Crippen MR) is 77.4 cm³/mol. The first-order valence-electron chi connectivity index (χ1n) is 6.29. The monoisotopic (exact) mass is 354 g/mol. The van der Waals surface area contributed by atoms with Gasteiger partial charge in [0.25, 0.3) is 0 Å². The Balaban J connectivity index is 4.93. The van der Waals surface area contributed by atoms with Crippen molar-refractivity contribution in [2.24, 2.45) is 5.41 Å². The van der Waals surface area contributed by atoms with Crippen molar-refractivity contribution in [1.82, 2.24) is 0 Å². The van der Waals surface area contributed by atoms with E-state index in [-0.39, 0.29) is 11.8 Å². The second kappa shape index (κ2) is 8.89. The quantitative estimate of drug-likeness (QED) is 0.275. The van der Waals surface area contributed by atoms with E-state index in [0.29, 0.717) is 19.4 Å². The van der Waals surface area contributed by atoms with Crippen molar-refractivity contribution in [3.63, 3.8) is 0 Å². The van der Waals surface area contributed by atoms with E-state index in [9.17, 15) is 9.59 Å². The molecule has 0 amide bonds. The molecule has 100 valence electrons. The van der Waals surface area contributed by atoms with Gasteiger partial charge in [-0.25, -0.2) is 0 Å². The van der Waals surface area contributed by atoms with Crippen molar-refractivity contribution < 1.29 is 14.3 Å². The van der Waals surface area contributed by atoms with Crippen molar-refractivity contribution in [1.29, 1.82) is 0 Å². The number of carbonyl (C=O) groups excluding carboxylic acids is 2. The lowest BCUT2D eigenvalue weighted by molar-refractivity contribution is -0.160. The minimum Gasteiger partial charge on any atom is -0.465 e. The third-order valence-electron chi connectivity index (χ3n) is 3.03. The fraction of sp³-hybridized carbons (Fsp3) is 0.846. The van der Waals surface area contributed by atoms with E-state index < -0.39 is 5.41 Å². The molecule has 0 saturated carbocycles. The molecule has 0 aliphatic heterocycles. The van der Waals surface area contributed by atoms with Crippen molar-refractivity contribution in [2.75, 3.05) is 11.0 Å². The first-order chi connectivity index (χ1) is 8.05. The van der Waals surface area contributed by atoms with Crippen molar-refractivity contribution in [3.05, 3.63) is 0 Å². The summed E-state index contributed by atoms with van der Waals surface area (Å²) in [6.45, 7) is 5.69. The molecule has 0 saturated heterocycles. The molecule has 17 heavy (non-hydrogen) atoms. The molecule has 0 radical (unpaired) electrons. The van der Waals surface area contributed by atoms with Crippen LogP contribution in [0.4, 0.5) is 0 Å². The van der Waals surface area contributed by atoms with Crippen LogP contribution in [0, 0.1) is 5.41 Å². The summed E-state index contributed by atoms with van der Waals surface area (Å²) in [4.78, 5) is 24.0. The number of rotatable bonds is 9. The van der Waals surface area contributed by atoms with E-state index in [2.05, 4.69) is 29.5 Å². The van der Waals surface area contributed by atoms with Crippen LogP contribution >= 0.6 is 22.6 Å². The molecule has 0 aromatic carbocycles. The number of hydrogen-bond donors (Lipinski definition) is 0. The molecule has 0 spiro atoms. The van der Waals surface area contributed by atoms with Crippen molar-refractivity contribution in [2.45, 2.75) is 52.9 Å². The Labute approximate surface area is 118 Å². The van der Waals surface area contributed by atoms with Gasteiger partial charge in [0.2, 0.25) is 0 Å². The molecule has 1 unspecified atom stereocenters. The van der Waals surface area contributed by atoms with Crippen molar-refractivity contribution in [3.8, 4) is 0 Å². The molecular formula is C13H23IO3. The maximum atomic E-state index is 12.1. The van der Waals surface area contributed by atoms with E-state index in [1.165, 1.54) is 6.92 Å². The van der Waals surface area contributed by atoms with E-state index in [4.69, 9.17) is 4.74 Å². The lowest BCUT2D eigenvalue weighted by Crippen LogP contribution is -2.39. The Hall–Kier alpha value is -0.130. The highest BCUT2D eigenvalue weighted by atomic mass is 127. The zero-order valence-electron chi connectivity index (χ0n) is 11.1. The van der Waals surface area contributed by atoms with Gasteiger partial charge in [-0.1, -0.05) is 42.4 Å². The van der Waals surface area contributed by atoms with E-state index in [1.54, 1.807) is 6.92 Å². The number of halogens is 1. The number of hydrogen-bond acceptors (Lipinski definition) is 3. The van der Waals surface area contributed by atoms with Gasteiger partial charge in [0.1, 0.15) is 11.2 Å². The summed E-state index contributed by atoms with van der Waals surface area (Å²) in [6.07, 6.45) is 3.99. The smallest absolute Gasteiger partial charge is 0.319 e. The lowest BCUT2D eigenvalue weighted by Gasteiger charge is -2.28. The van der Waals surface area contributed by atoms with Gasteiger partial charge in [-0.15, -0.1) is 0 Å². The molecule has 0 bridgehead atoms. The summed E-state index contributed by atoms with van der Waals surface area (Å²) < 4.78 is 6.06. The van der Waals surface area contributed by atoms with Gasteiger partial charge in [-0.05, 0) is 37.5 Å². The maximum Gasteiger partial charge on any atom is 0.319 e. The molecule has 0 heterocycles. The molecule has 0 aliphatic rings. The number of esters is 1. The molecule has 0 fully saturated rings. The SMILES string of the molecule is CCCCC(CCCI)(C(C)=O)C(=O)OCC. The highest BCUT2D eigenvalue weighted by Gasteiger charge is 2.43. The molecule has 1 atom stereocenters. The van der Waals surface area contributed by atoms with Gasteiger partial charge in [0.15, 0.2) is 0 Å². The van der Waals surface area contributed by atoms with Crippen LogP contribution in [0.5, 0.6) is 0 Å². The van der Waals surface area contributed by atoms with Gasteiger partial charge in [-0.2, -0.15) is 0 Å². The fourth-order valence-electron chi connectivity index (χ4n) is 1.94. The summed E-state index contributed by atoms with van der Waals surface area (Å²) in [5.41, 5.74) is -0.892. The van der Waals surface area contributed by atoms with E-state index >= 15 is 0 Å². The van der Waals surface area contributed by atoms with Gasteiger partial charge in [0.05, 0.1) is 6.61 Å². The standard InChI is InChI=1S/C13H23IO3/c1-4-6-8-13(11(3)15,9-7-10-14)12(16)17-5-2/h4-10H2,1-3H3. The van der Waals surface area contributed by atoms with Crippen LogP contribution in [0.3, 0.4) is 0 Å². The number of carbonyl (C=O) groups is 2. The zero-order valence-corrected chi connectivity index (χ0v) is 13.2. The van der Waals surface area contributed by atoms with Gasteiger partial charge in [-0.3, -0.25) is 9.59 Å². The summed E-state index contributed by atoms with van der Waals surface area (Å²) >= 11 is 2.27. The number of unbranched alkanes of at least 4 members (excludes halogenated alkanes) is 1. The predicted octanol–water partition coefficient (Wildman–Crippen LogP) is 3.53. The fourth-order valence-corrected chi connectivity index (χ4v) is 2.32. The van der Waals surface area contributed by atoms with Crippen LogP contribution in [0.25, 0.3) is 0 Å². The lowest BCUT2D eigenvalue weighted by atomic mass is 9.75. The first-order valence-corrected chi connectivity index (χ1v) is 7.82. The van der Waals surface area contributed by atoms with Gasteiger partial charge >= 0.3 is 5.97 Å². The van der Waals surface area contributed by atoms with E-state index in [0.717, 1.165) is 23.7 Å². The van der Waals surface area contributed by atoms with Crippen molar-refractivity contribution >= 4 is 34.3 Å². The summed E-state index contributed by atoms with van der Waals surface area (Å²) in [5, 5.41) is 0. The van der Waals surface area contributed by atoms with Crippen LogP contribution in [-0.2, 0) is 14.3 Å². The Morgan fingerprint density at radius 1 is 1.18 bits per heavy atom. The third-order valence-corrected chi connectivity index (χ3v) is 3.80. The minimum atomic E-state index is -0.892. The van der Waals surface area contributed by atoms with Gasteiger partial charge < -0.3 is 4.74 Å². The molecule has 0 aromatic heterocycles. The average molecular weight is 354 g/mol. The van der Waals surface area contributed by atoms with Crippen LogP contribution in [0.15, 0.2) is 0 Å². The summed E-state index contributed by atoms with van der Waals surface area (Å²) in [5.74, 6) is -0.375. The number of ketones is 1. The summed E-state index contributed by atoms with van der Waals surface area (Å²) in [7, 11) is 0. The topological polar surface area (TPSA) is 43.4 Å². The van der Waals surface area contributed by atoms with Crippen LogP contribution in [0.1, 0.15) is 52.9 Å². The van der Waals surface area contributed by atoms with Crippen LogP contribution in [0.2, 0.25) is 0 Å². The van der Waals surface area contributed by atoms with Gasteiger partial charge in [0, 0.05) is 0 Å².